The Morgan fingerprint density at radius 1 is 1.40 bits per heavy atom. The first-order valence-electron chi connectivity index (χ1n) is 0.516. The summed E-state index contributed by atoms with van der Waals surface area (Å²) < 4.78 is 24.1. The summed E-state index contributed by atoms with van der Waals surface area (Å²) in [5.74, 6) is 0. The summed E-state index contributed by atoms with van der Waals surface area (Å²) in [6.07, 6.45) is 0. The van der Waals surface area contributed by atoms with E-state index in [0.717, 1.165) is 0 Å². The van der Waals surface area contributed by atoms with E-state index in [4.69, 9.17) is 13.0 Å². The molecule has 0 spiro atoms. The Morgan fingerprint density at radius 2 is 1.40 bits per heavy atom. The molecular formula is HAuO3S. The number of hydrogen-bond acceptors (Lipinski definition) is 3. The smallest absolute Gasteiger partial charge is 0.439 e. The predicted octanol–water partition coefficient (Wildman–Crippen LogP) is -0.234. The normalized spacial score (nSPS) is 6.80. The van der Waals surface area contributed by atoms with Crippen molar-refractivity contribution in [1.29, 1.82) is 0 Å². The van der Waals surface area contributed by atoms with E-state index in [1.807, 2.05) is 0 Å². The van der Waals surface area contributed by atoms with Gasteiger partial charge in [-0.1, -0.05) is 0 Å². The van der Waals surface area contributed by atoms with E-state index in [9.17, 15) is 0 Å². The van der Waals surface area contributed by atoms with Gasteiger partial charge in [-0.05, 0) is 0 Å². The zero-order chi connectivity index (χ0) is 3.58. The van der Waals surface area contributed by atoms with Crippen LogP contribution in [0.2, 0.25) is 0 Å². The largest absolute Gasteiger partial charge is 1.00 e. The molecule has 0 aliphatic heterocycles. The van der Waals surface area contributed by atoms with Crippen LogP contribution in [0.5, 0.6) is 0 Å². The first-order chi connectivity index (χ1) is 1.73. The van der Waals surface area contributed by atoms with Crippen molar-refractivity contribution in [3.05, 3.63) is 0 Å². The van der Waals surface area contributed by atoms with Crippen molar-refractivity contribution in [3.63, 3.8) is 0 Å². The molecule has 0 aromatic carbocycles. The van der Waals surface area contributed by atoms with E-state index in [1.165, 1.54) is 0 Å². The molecule has 0 saturated carbocycles. The Balaban J connectivity index is 0. The van der Waals surface area contributed by atoms with Crippen molar-refractivity contribution in [1.82, 2.24) is 0 Å². The molecule has 0 aliphatic rings. The minimum atomic E-state index is -2.86. The summed E-state index contributed by atoms with van der Waals surface area (Å²) in [6, 6.07) is 0. The molecule has 0 fully saturated rings. The van der Waals surface area contributed by atoms with Gasteiger partial charge in [-0.25, -0.2) is 0 Å². The maximum absolute atomic E-state index is 8.56. The van der Waals surface area contributed by atoms with Gasteiger partial charge in [0, 0.05) is 11.0 Å². The van der Waals surface area contributed by atoms with Crippen LogP contribution >= 0.6 is 0 Å². The van der Waals surface area contributed by atoms with Gasteiger partial charge in [0.25, 0.3) is 0 Å². The van der Waals surface area contributed by atoms with E-state index in [0.29, 0.717) is 0 Å². The monoisotopic (exact) mass is 278 g/mol. The van der Waals surface area contributed by atoms with Crippen molar-refractivity contribution >= 4 is 11.0 Å². The van der Waals surface area contributed by atoms with Gasteiger partial charge in [-0.3, -0.25) is 0 Å². The topological polar surface area (TPSA) is 54.4 Å². The summed E-state index contributed by atoms with van der Waals surface area (Å²) in [6.45, 7) is 0. The van der Waals surface area contributed by atoms with Gasteiger partial charge in [-0.2, -0.15) is 0 Å². The Bertz CT molecular complexity index is 55.3. The molecule has 0 rings (SSSR count). The fraction of sp³-hybridized carbons (Fsp3) is 0. The summed E-state index contributed by atoms with van der Waals surface area (Å²) in [5.41, 5.74) is 0. The Morgan fingerprint density at radius 3 is 1.40 bits per heavy atom. The summed E-state index contributed by atoms with van der Waals surface area (Å²) in [7, 11) is -2.86. The SMILES string of the molecule is O=[S-](=O)O.[Au+]. The molecule has 0 heterocycles. The zero-order valence-electron chi connectivity index (χ0n) is 1.97. The maximum atomic E-state index is 8.56. The van der Waals surface area contributed by atoms with Crippen LogP contribution in [0.25, 0.3) is 0 Å². The first kappa shape index (κ1) is 9.17. The summed E-state index contributed by atoms with van der Waals surface area (Å²) in [4.78, 5) is 0. The van der Waals surface area contributed by atoms with Crippen LogP contribution in [0.15, 0.2) is 0 Å². The van der Waals surface area contributed by atoms with E-state index < -0.39 is 11.0 Å². The van der Waals surface area contributed by atoms with Gasteiger partial charge in [0.15, 0.2) is 0 Å². The Hall–Kier alpha value is 0.650. The fourth-order valence-corrected chi connectivity index (χ4v) is 0. The Labute approximate surface area is 46.7 Å². The molecule has 0 saturated heterocycles. The molecule has 5 heteroatoms. The van der Waals surface area contributed by atoms with Gasteiger partial charge in [-0.15, -0.1) is 0 Å². The van der Waals surface area contributed by atoms with Gasteiger partial charge in [0.2, 0.25) is 0 Å². The van der Waals surface area contributed by atoms with Crippen LogP contribution in [0, 0.1) is 0 Å². The third-order valence-electron chi connectivity index (χ3n) is 0. The third-order valence-corrected chi connectivity index (χ3v) is 0. The molecule has 0 aliphatic carbocycles. The molecular weight excluding hydrogens is 277 g/mol. The second-order valence-electron chi connectivity index (χ2n) is 0.217. The molecule has 0 amide bonds. The van der Waals surface area contributed by atoms with Crippen LogP contribution < -0.4 is 0 Å². The quantitative estimate of drug-likeness (QED) is 0.288. The average molecular weight is 278 g/mol. The maximum Gasteiger partial charge on any atom is 1.00 e. The molecule has 0 radical (unpaired) electrons. The zero-order valence-corrected chi connectivity index (χ0v) is 4.96. The van der Waals surface area contributed by atoms with E-state index >= 15 is 0 Å². The molecule has 0 aromatic rings. The van der Waals surface area contributed by atoms with Gasteiger partial charge in [0.1, 0.15) is 0 Å². The molecule has 0 bridgehead atoms. The van der Waals surface area contributed by atoms with Crippen molar-refractivity contribution in [2.45, 2.75) is 0 Å². The molecule has 0 atom stereocenters. The van der Waals surface area contributed by atoms with Crippen LogP contribution in [-0.2, 0) is 41.8 Å². The van der Waals surface area contributed by atoms with E-state index in [1.54, 1.807) is 0 Å². The van der Waals surface area contributed by atoms with Crippen LogP contribution in [-0.4, -0.2) is 4.55 Å². The van der Waals surface area contributed by atoms with Gasteiger partial charge < -0.3 is 13.0 Å². The minimum absolute atomic E-state index is 0. The van der Waals surface area contributed by atoms with Crippen molar-refractivity contribution < 1.29 is 35.4 Å². The summed E-state index contributed by atoms with van der Waals surface area (Å²) in [5, 5.41) is 0. The van der Waals surface area contributed by atoms with E-state index in [-0.39, 0.29) is 22.4 Å². The third kappa shape index (κ3) is 77.2. The molecule has 36 valence electrons. The van der Waals surface area contributed by atoms with Crippen molar-refractivity contribution in [3.8, 4) is 0 Å². The van der Waals surface area contributed by atoms with Crippen molar-refractivity contribution in [2.75, 3.05) is 0 Å². The molecule has 3 nitrogen and oxygen atoms in total. The van der Waals surface area contributed by atoms with Gasteiger partial charge >= 0.3 is 22.4 Å². The van der Waals surface area contributed by atoms with Crippen LogP contribution in [0.4, 0.5) is 0 Å². The first-order valence-corrected chi connectivity index (χ1v) is 1.55. The summed E-state index contributed by atoms with van der Waals surface area (Å²) >= 11 is 0. The van der Waals surface area contributed by atoms with Crippen LogP contribution in [0.3, 0.4) is 0 Å². The van der Waals surface area contributed by atoms with Crippen molar-refractivity contribution in [2.24, 2.45) is 0 Å². The van der Waals surface area contributed by atoms with E-state index in [2.05, 4.69) is 0 Å². The molecule has 1 N–H and O–H groups in total. The standard InChI is InChI=1S/Au.HO3S/c;1-4(2)3/h;(H,1,2,3)/q+1;-1. The fourth-order valence-electron chi connectivity index (χ4n) is 0. The number of rotatable bonds is 0. The van der Waals surface area contributed by atoms with Gasteiger partial charge in [0.05, 0.1) is 0 Å². The Kier molecular flexibility index (Phi) is 8.53. The molecule has 0 unspecified atom stereocenters. The second kappa shape index (κ2) is 4.65. The van der Waals surface area contributed by atoms with Crippen LogP contribution in [0.1, 0.15) is 0 Å². The second-order valence-corrected chi connectivity index (χ2v) is 0.651. The predicted molar refractivity (Wildman–Crippen MR) is 11.4 cm³/mol. The molecule has 5 heavy (non-hydrogen) atoms. The average Bonchev–Trinajstić information content (AvgIpc) is 0.811. The minimum Gasteiger partial charge on any atom is -0.439 e. The number of hydrogen-bond donors (Lipinski definition) is 1. The molecule has 0 aromatic heterocycles.